The number of carbonyl (C=O) groups excluding carboxylic acids is 1. The molecule has 0 bridgehead atoms. The maximum atomic E-state index is 13.1. The topological polar surface area (TPSA) is 55.2 Å². The predicted molar refractivity (Wildman–Crippen MR) is 125 cm³/mol. The van der Waals surface area contributed by atoms with Crippen molar-refractivity contribution in [2.75, 3.05) is 12.8 Å². The summed E-state index contributed by atoms with van der Waals surface area (Å²) in [6.45, 7) is 8.43. The second-order valence-corrected chi connectivity index (χ2v) is 10.3. The molecular formula is C21H24BrN3O2S2. The maximum absolute atomic E-state index is 13.1. The summed E-state index contributed by atoms with van der Waals surface area (Å²) in [6, 6.07) is 7.84. The van der Waals surface area contributed by atoms with Crippen LogP contribution in [0.15, 0.2) is 38.7 Å². The molecule has 5 nitrogen and oxygen atoms in total. The molecule has 8 heteroatoms. The number of aryl methyl sites for hydroxylation is 2. The van der Waals surface area contributed by atoms with Gasteiger partial charge in [0.15, 0.2) is 5.16 Å². The van der Waals surface area contributed by atoms with Crippen LogP contribution in [-0.2, 0) is 11.3 Å². The lowest BCUT2D eigenvalue weighted by molar-refractivity contribution is -0.127. The molecule has 0 aliphatic carbocycles. The quantitative estimate of drug-likeness (QED) is 0.351. The number of fused-ring (bicyclic) bond motifs is 1. The Balaban J connectivity index is 1.82. The van der Waals surface area contributed by atoms with Gasteiger partial charge in [-0.1, -0.05) is 45.9 Å². The van der Waals surface area contributed by atoms with Crippen LogP contribution in [0.1, 0.15) is 35.9 Å². The number of carbonyl (C=O) groups is 1. The smallest absolute Gasteiger partial charge is 0.263 e. The van der Waals surface area contributed by atoms with Crippen LogP contribution in [-0.4, -0.2) is 33.2 Å². The van der Waals surface area contributed by atoms with E-state index < -0.39 is 0 Å². The molecule has 2 heterocycles. The number of halogens is 1. The molecule has 0 fully saturated rings. The Hall–Kier alpha value is -1.64. The van der Waals surface area contributed by atoms with E-state index in [1.165, 1.54) is 23.1 Å². The van der Waals surface area contributed by atoms with Crippen molar-refractivity contribution in [3.8, 4) is 0 Å². The standard InChI is InChI=1S/C21H24BrN3O2S2/c1-12(2)25-20(27)18-13(3)14(4)29-19(18)23-21(25)28-11-17(26)24(5)10-15-8-6-7-9-16(15)22/h6-9,12H,10-11H2,1-5H3. The first kappa shape index (κ1) is 22.1. The Morgan fingerprint density at radius 1 is 1.31 bits per heavy atom. The monoisotopic (exact) mass is 493 g/mol. The average molecular weight is 494 g/mol. The van der Waals surface area contributed by atoms with Gasteiger partial charge in [-0.2, -0.15) is 0 Å². The summed E-state index contributed by atoms with van der Waals surface area (Å²) in [4.78, 5) is 34.1. The lowest BCUT2D eigenvalue weighted by Crippen LogP contribution is -2.29. The normalized spacial score (nSPS) is 11.4. The van der Waals surface area contributed by atoms with Gasteiger partial charge in [0.2, 0.25) is 5.91 Å². The molecule has 0 atom stereocenters. The highest BCUT2D eigenvalue weighted by Crippen LogP contribution is 2.29. The van der Waals surface area contributed by atoms with Crippen molar-refractivity contribution in [2.45, 2.75) is 45.4 Å². The molecule has 1 aromatic carbocycles. The summed E-state index contributed by atoms with van der Waals surface area (Å²) in [7, 11) is 1.79. The molecule has 3 rings (SSSR count). The van der Waals surface area contributed by atoms with Crippen LogP contribution in [0.3, 0.4) is 0 Å². The van der Waals surface area contributed by atoms with Crippen LogP contribution in [0, 0.1) is 13.8 Å². The van der Waals surface area contributed by atoms with Gasteiger partial charge < -0.3 is 4.90 Å². The molecule has 0 N–H and O–H groups in total. The van der Waals surface area contributed by atoms with Gasteiger partial charge in [-0.25, -0.2) is 4.98 Å². The van der Waals surface area contributed by atoms with Crippen molar-refractivity contribution in [3.05, 3.63) is 55.1 Å². The molecule has 0 aliphatic rings. The van der Waals surface area contributed by atoms with Gasteiger partial charge in [0.25, 0.3) is 5.56 Å². The molecule has 29 heavy (non-hydrogen) atoms. The van der Waals surface area contributed by atoms with Gasteiger partial charge in [-0.05, 0) is 44.9 Å². The Kier molecular flexibility index (Phi) is 6.86. The minimum absolute atomic E-state index is 0.00561. The summed E-state index contributed by atoms with van der Waals surface area (Å²) in [5.74, 6) is 0.226. The molecule has 0 saturated carbocycles. The largest absolute Gasteiger partial charge is 0.341 e. The van der Waals surface area contributed by atoms with Crippen LogP contribution in [0.4, 0.5) is 0 Å². The lowest BCUT2D eigenvalue weighted by Gasteiger charge is -2.19. The average Bonchev–Trinajstić information content (AvgIpc) is 2.95. The highest BCUT2D eigenvalue weighted by molar-refractivity contribution is 9.10. The van der Waals surface area contributed by atoms with E-state index in [-0.39, 0.29) is 23.3 Å². The zero-order chi connectivity index (χ0) is 21.3. The second kappa shape index (κ2) is 9.02. The molecule has 0 unspecified atom stereocenters. The Morgan fingerprint density at radius 2 is 2.00 bits per heavy atom. The number of thioether (sulfide) groups is 1. The van der Waals surface area contributed by atoms with Crippen LogP contribution in [0.25, 0.3) is 10.2 Å². The van der Waals surface area contributed by atoms with E-state index in [0.29, 0.717) is 17.1 Å². The van der Waals surface area contributed by atoms with Gasteiger partial charge in [0.05, 0.1) is 11.1 Å². The third-order valence-corrected chi connectivity index (χ3v) is 7.65. The molecule has 3 aromatic rings. The van der Waals surface area contributed by atoms with E-state index in [1.807, 2.05) is 52.0 Å². The number of hydrogen-bond donors (Lipinski definition) is 0. The number of rotatable bonds is 6. The summed E-state index contributed by atoms with van der Waals surface area (Å²) in [5, 5.41) is 1.30. The van der Waals surface area contributed by atoms with Crippen molar-refractivity contribution in [1.29, 1.82) is 0 Å². The highest BCUT2D eigenvalue weighted by atomic mass is 79.9. The summed E-state index contributed by atoms with van der Waals surface area (Å²) in [5.41, 5.74) is 2.03. The van der Waals surface area contributed by atoms with Gasteiger partial charge >= 0.3 is 0 Å². The van der Waals surface area contributed by atoms with E-state index in [0.717, 1.165) is 25.3 Å². The van der Waals surface area contributed by atoms with Crippen molar-refractivity contribution >= 4 is 55.2 Å². The Morgan fingerprint density at radius 3 is 2.66 bits per heavy atom. The summed E-state index contributed by atoms with van der Waals surface area (Å²) >= 11 is 6.38. The van der Waals surface area contributed by atoms with E-state index in [1.54, 1.807) is 16.5 Å². The zero-order valence-corrected chi connectivity index (χ0v) is 20.4. The van der Waals surface area contributed by atoms with Crippen LogP contribution >= 0.6 is 39.0 Å². The molecule has 2 aromatic heterocycles. The SMILES string of the molecule is Cc1sc2nc(SCC(=O)N(C)Cc3ccccc3Br)n(C(C)C)c(=O)c2c1C. The fourth-order valence-electron chi connectivity index (χ4n) is 3.05. The third kappa shape index (κ3) is 4.59. The van der Waals surface area contributed by atoms with Crippen LogP contribution in [0.2, 0.25) is 0 Å². The van der Waals surface area contributed by atoms with Crippen molar-refractivity contribution < 1.29 is 4.79 Å². The first-order valence-corrected chi connectivity index (χ1v) is 11.9. The van der Waals surface area contributed by atoms with Crippen LogP contribution in [0.5, 0.6) is 0 Å². The van der Waals surface area contributed by atoms with Crippen molar-refractivity contribution in [2.24, 2.45) is 0 Å². The Bertz CT molecular complexity index is 1120. The van der Waals surface area contributed by atoms with Gasteiger partial charge in [0.1, 0.15) is 4.83 Å². The molecule has 154 valence electrons. The van der Waals surface area contributed by atoms with Crippen LogP contribution < -0.4 is 5.56 Å². The van der Waals surface area contributed by atoms with E-state index in [4.69, 9.17) is 4.98 Å². The van der Waals surface area contributed by atoms with Gasteiger partial charge in [-0.3, -0.25) is 14.2 Å². The zero-order valence-electron chi connectivity index (χ0n) is 17.2. The van der Waals surface area contributed by atoms with E-state index in [2.05, 4.69) is 15.9 Å². The predicted octanol–water partition coefficient (Wildman–Crippen LogP) is 5.17. The number of amides is 1. The lowest BCUT2D eigenvalue weighted by atomic mass is 10.2. The van der Waals surface area contributed by atoms with Crippen molar-refractivity contribution in [3.63, 3.8) is 0 Å². The first-order chi connectivity index (χ1) is 13.7. The summed E-state index contributed by atoms with van der Waals surface area (Å²) in [6.07, 6.45) is 0. The Labute approximate surface area is 187 Å². The third-order valence-electron chi connectivity index (χ3n) is 4.83. The number of aromatic nitrogens is 2. The number of benzene rings is 1. The first-order valence-electron chi connectivity index (χ1n) is 9.33. The van der Waals surface area contributed by atoms with E-state index in [9.17, 15) is 9.59 Å². The minimum atomic E-state index is -0.0328. The van der Waals surface area contributed by atoms with Crippen molar-refractivity contribution in [1.82, 2.24) is 14.5 Å². The second-order valence-electron chi connectivity index (χ2n) is 7.26. The summed E-state index contributed by atoms with van der Waals surface area (Å²) < 4.78 is 2.68. The molecule has 1 amide bonds. The molecule has 0 radical (unpaired) electrons. The molecule has 0 saturated heterocycles. The number of hydrogen-bond acceptors (Lipinski definition) is 5. The van der Waals surface area contributed by atoms with Gasteiger partial charge in [0, 0.05) is 29.0 Å². The fourth-order valence-corrected chi connectivity index (χ4v) is 5.60. The number of thiophene rings is 1. The molecule has 0 aliphatic heterocycles. The maximum Gasteiger partial charge on any atom is 0.263 e. The van der Waals surface area contributed by atoms with Gasteiger partial charge in [-0.15, -0.1) is 11.3 Å². The van der Waals surface area contributed by atoms with E-state index >= 15 is 0 Å². The molecular weight excluding hydrogens is 470 g/mol. The molecule has 0 spiro atoms. The fraction of sp³-hybridized carbons (Fsp3) is 0.381. The highest BCUT2D eigenvalue weighted by Gasteiger charge is 2.20. The minimum Gasteiger partial charge on any atom is -0.341 e. The number of nitrogens with zero attached hydrogens (tertiary/aromatic N) is 3.